The summed E-state index contributed by atoms with van der Waals surface area (Å²) in [7, 11) is -3.12. The number of hydrogen-bond acceptors (Lipinski definition) is 3. The number of aryl methyl sites for hydroxylation is 1. The Kier molecular flexibility index (Phi) is 4.84. The zero-order chi connectivity index (χ0) is 13.8. The first-order chi connectivity index (χ1) is 8.37. The van der Waals surface area contributed by atoms with Crippen molar-refractivity contribution in [1.82, 2.24) is 5.32 Å². The second kappa shape index (κ2) is 5.95. The van der Waals surface area contributed by atoms with Crippen LogP contribution in [0.5, 0.6) is 0 Å². The number of amides is 1. The normalized spacial score (nSPS) is 11.3. The lowest BCUT2D eigenvalue weighted by Gasteiger charge is -2.07. The van der Waals surface area contributed by atoms with Crippen LogP contribution in [0, 0.1) is 12.7 Å². The van der Waals surface area contributed by atoms with E-state index in [-0.39, 0.29) is 23.6 Å². The fraction of sp³-hybridized carbons (Fsp3) is 0.417. The summed E-state index contributed by atoms with van der Waals surface area (Å²) >= 11 is 0. The summed E-state index contributed by atoms with van der Waals surface area (Å²) < 4.78 is 36.0. The van der Waals surface area contributed by atoms with Crippen molar-refractivity contribution in [1.29, 1.82) is 0 Å². The van der Waals surface area contributed by atoms with Crippen LogP contribution in [0.1, 0.15) is 22.8 Å². The number of carbonyl (C=O) groups is 1. The maximum atomic E-state index is 13.6. The predicted octanol–water partition coefficient (Wildman–Crippen LogP) is 1.30. The molecular weight excluding hydrogens is 257 g/mol. The lowest BCUT2D eigenvalue weighted by molar-refractivity contribution is 0.0952. The average molecular weight is 273 g/mol. The van der Waals surface area contributed by atoms with Crippen LogP contribution in [0.25, 0.3) is 0 Å². The number of hydrogen-bond donors (Lipinski definition) is 1. The molecule has 100 valence electrons. The smallest absolute Gasteiger partial charge is 0.254 e. The third-order valence-corrected chi connectivity index (χ3v) is 4.28. The van der Waals surface area contributed by atoms with Gasteiger partial charge >= 0.3 is 0 Å². The Morgan fingerprint density at radius 2 is 2.06 bits per heavy atom. The number of benzene rings is 1. The lowest BCUT2D eigenvalue weighted by Crippen LogP contribution is -2.30. The van der Waals surface area contributed by atoms with Gasteiger partial charge in [0.15, 0.2) is 9.84 Å². The van der Waals surface area contributed by atoms with Crippen LogP contribution in [0.4, 0.5) is 4.39 Å². The van der Waals surface area contributed by atoms with Crippen LogP contribution in [0.2, 0.25) is 0 Å². The number of nitrogens with one attached hydrogen (secondary N) is 1. The molecular formula is C12H16FNO3S. The molecule has 1 aromatic carbocycles. The van der Waals surface area contributed by atoms with Crippen LogP contribution < -0.4 is 5.32 Å². The van der Waals surface area contributed by atoms with Crippen molar-refractivity contribution in [2.24, 2.45) is 0 Å². The SMILES string of the molecule is CCS(=O)(=O)CCNC(=O)c1cccc(C)c1F. The quantitative estimate of drug-likeness (QED) is 0.879. The minimum absolute atomic E-state index is 0.0115. The minimum atomic E-state index is -3.12. The van der Waals surface area contributed by atoms with Gasteiger partial charge in [-0.15, -0.1) is 0 Å². The Morgan fingerprint density at radius 1 is 1.39 bits per heavy atom. The van der Waals surface area contributed by atoms with E-state index in [0.29, 0.717) is 5.56 Å². The Hall–Kier alpha value is -1.43. The van der Waals surface area contributed by atoms with Gasteiger partial charge in [-0.3, -0.25) is 4.79 Å². The highest BCUT2D eigenvalue weighted by Crippen LogP contribution is 2.11. The van der Waals surface area contributed by atoms with E-state index in [1.165, 1.54) is 13.0 Å². The van der Waals surface area contributed by atoms with Gasteiger partial charge in [-0.1, -0.05) is 19.1 Å². The van der Waals surface area contributed by atoms with E-state index in [1.54, 1.807) is 19.1 Å². The fourth-order valence-corrected chi connectivity index (χ4v) is 2.08. The van der Waals surface area contributed by atoms with Crippen LogP contribution in [-0.4, -0.2) is 32.4 Å². The van der Waals surface area contributed by atoms with Gasteiger partial charge in [0, 0.05) is 12.3 Å². The molecule has 0 bridgehead atoms. The molecule has 0 spiro atoms. The third kappa shape index (κ3) is 3.80. The van der Waals surface area contributed by atoms with Crippen molar-refractivity contribution < 1.29 is 17.6 Å². The first-order valence-corrected chi connectivity index (χ1v) is 7.43. The molecule has 0 aromatic heterocycles. The second-order valence-corrected chi connectivity index (χ2v) is 6.40. The van der Waals surface area contributed by atoms with Crippen molar-refractivity contribution in [3.8, 4) is 0 Å². The highest BCUT2D eigenvalue weighted by Gasteiger charge is 2.14. The zero-order valence-electron chi connectivity index (χ0n) is 10.4. The molecule has 1 amide bonds. The molecule has 6 heteroatoms. The summed E-state index contributed by atoms with van der Waals surface area (Å²) in [4.78, 5) is 11.6. The largest absolute Gasteiger partial charge is 0.351 e. The van der Waals surface area contributed by atoms with E-state index in [0.717, 1.165) is 0 Å². The van der Waals surface area contributed by atoms with Gasteiger partial charge in [0.05, 0.1) is 11.3 Å². The molecule has 0 saturated carbocycles. The molecule has 1 rings (SSSR count). The summed E-state index contributed by atoms with van der Waals surface area (Å²) in [5.41, 5.74) is 0.313. The molecule has 4 nitrogen and oxygen atoms in total. The molecule has 1 N–H and O–H groups in total. The first kappa shape index (κ1) is 14.6. The first-order valence-electron chi connectivity index (χ1n) is 5.61. The molecule has 0 atom stereocenters. The molecule has 0 aliphatic rings. The Morgan fingerprint density at radius 3 is 2.67 bits per heavy atom. The molecule has 18 heavy (non-hydrogen) atoms. The predicted molar refractivity (Wildman–Crippen MR) is 67.8 cm³/mol. The monoisotopic (exact) mass is 273 g/mol. The van der Waals surface area contributed by atoms with E-state index in [4.69, 9.17) is 0 Å². The van der Waals surface area contributed by atoms with Gasteiger partial charge in [-0.05, 0) is 18.6 Å². The second-order valence-electron chi connectivity index (χ2n) is 3.93. The summed E-state index contributed by atoms with van der Waals surface area (Å²) in [5, 5.41) is 2.40. The maximum Gasteiger partial charge on any atom is 0.254 e. The summed E-state index contributed by atoms with van der Waals surface area (Å²) in [6.07, 6.45) is 0. The summed E-state index contributed by atoms with van der Waals surface area (Å²) in [5.74, 6) is -1.28. The Bertz CT molecular complexity index is 540. The number of rotatable bonds is 5. The third-order valence-electron chi connectivity index (χ3n) is 2.57. The molecule has 0 fully saturated rings. The summed E-state index contributed by atoms with van der Waals surface area (Å²) in [6, 6.07) is 4.51. The van der Waals surface area contributed by atoms with E-state index < -0.39 is 21.6 Å². The molecule has 0 radical (unpaired) electrons. The van der Waals surface area contributed by atoms with Crippen LogP contribution in [0.15, 0.2) is 18.2 Å². The van der Waals surface area contributed by atoms with Gasteiger partial charge < -0.3 is 5.32 Å². The molecule has 0 heterocycles. The van der Waals surface area contributed by atoms with E-state index >= 15 is 0 Å². The molecule has 0 unspecified atom stereocenters. The van der Waals surface area contributed by atoms with Crippen molar-refractivity contribution in [2.45, 2.75) is 13.8 Å². The standard InChI is InChI=1S/C12H16FNO3S/c1-3-18(16,17)8-7-14-12(15)10-6-4-5-9(2)11(10)13/h4-6H,3,7-8H2,1-2H3,(H,14,15). The molecule has 0 aliphatic carbocycles. The average Bonchev–Trinajstić information content (AvgIpc) is 2.32. The van der Waals surface area contributed by atoms with Crippen molar-refractivity contribution in [2.75, 3.05) is 18.1 Å². The van der Waals surface area contributed by atoms with E-state index in [1.807, 2.05) is 0 Å². The number of carbonyl (C=O) groups excluding carboxylic acids is 1. The molecule has 0 saturated heterocycles. The van der Waals surface area contributed by atoms with E-state index in [2.05, 4.69) is 5.32 Å². The van der Waals surface area contributed by atoms with Crippen LogP contribution in [-0.2, 0) is 9.84 Å². The lowest BCUT2D eigenvalue weighted by atomic mass is 10.1. The van der Waals surface area contributed by atoms with Crippen LogP contribution in [0.3, 0.4) is 0 Å². The number of halogens is 1. The van der Waals surface area contributed by atoms with Crippen molar-refractivity contribution in [3.05, 3.63) is 35.1 Å². The highest BCUT2D eigenvalue weighted by atomic mass is 32.2. The van der Waals surface area contributed by atoms with Gasteiger partial charge in [0.1, 0.15) is 5.82 Å². The maximum absolute atomic E-state index is 13.6. The van der Waals surface area contributed by atoms with Gasteiger partial charge in [-0.25, -0.2) is 12.8 Å². The van der Waals surface area contributed by atoms with Gasteiger partial charge in [0.25, 0.3) is 5.91 Å². The topological polar surface area (TPSA) is 63.2 Å². The number of sulfone groups is 1. The van der Waals surface area contributed by atoms with E-state index in [9.17, 15) is 17.6 Å². The highest BCUT2D eigenvalue weighted by molar-refractivity contribution is 7.91. The minimum Gasteiger partial charge on any atom is -0.351 e. The molecule has 1 aromatic rings. The summed E-state index contributed by atoms with van der Waals surface area (Å²) in [6.45, 7) is 3.09. The Balaban J connectivity index is 2.64. The van der Waals surface area contributed by atoms with Gasteiger partial charge in [-0.2, -0.15) is 0 Å². The van der Waals surface area contributed by atoms with Crippen LogP contribution >= 0.6 is 0 Å². The fourth-order valence-electron chi connectivity index (χ4n) is 1.38. The van der Waals surface area contributed by atoms with Crippen molar-refractivity contribution in [3.63, 3.8) is 0 Å². The van der Waals surface area contributed by atoms with Crippen molar-refractivity contribution >= 4 is 15.7 Å². The van der Waals surface area contributed by atoms with Gasteiger partial charge in [0.2, 0.25) is 0 Å². The molecule has 0 aliphatic heterocycles. The zero-order valence-corrected chi connectivity index (χ0v) is 11.2. The Labute approximate surface area is 106 Å².